The van der Waals surface area contributed by atoms with Crippen molar-refractivity contribution in [3.8, 4) is 11.4 Å². The molecule has 2 fully saturated rings. The van der Waals surface area contributed by atoms with Gasteiger partial charge in [0.1, 0.15) is 11.4 Å². The molecule has 2 saturated heterocycles. The second kappa shape index (κ2) is 11.1. The highest BCUT2D eigenvalue weighted by atomic mass is 16.1. The molecule has 8 nitrogen and oxygen atoms in total. The Morgan fingerprint density at radius 3 is 2.73 bits per heavy atom. The fourth-order valence-electron chi connectivity index (χ4n) is 6.90. The molecule has 4 N–H and O–H groups in total. The third-order valence-electron chi connectivity index (χ3n) is 8.93. The van der Waals surface area contributed by atoms with E-state index in [-0.39, 0.29) is 11.0 Å². The lowest BCUT2D eigenvalue weighted by atomic mass is 9.73. The highest BCUT2D eigenvalue weighted by molar-refractivity contribution is 5.87. The molecule has 2 aliphatic rings. The molecule has 0 aliphatic carbocycles. The maximum absolute atomic E-state index is 13.1. The number of nitrogens with zero attached hydrogens (tertiary/aromatic N) is 3. The van der Waals surface area contributed by atoms with E-state index >= 15 is 0 Å². The molecule has 1 atom stereocenters. The number of likely N-dealkylation sites (tertiary alicyclic amines) is 1. The Morgan fingerprint density at radius 2 is 1.93 bits per heavy atom. The molecule has 8 heteroatoms. The summed E-state index contributed by atoms with van der Waals surface area (Å²) in [4.78, 5) is 29.1. The van der Waals surface area contributed by atoms with Crippen LogP contribution in [0.25, 0.3) is 22.4 Å². The van der Waals surface area contributed by atoms with Crippen molar-refractivity contribution in [1.29, 1.82) is 5.41 Å². The van der Waals surface area contributed by atoms with E-state index in [0.717, 1.165) is 74.3 Å². The summed E-state index contributed by atoms with van der Waals surface area (Å²) in [7, 11) is 0. The van der Waals surface area contributed by atoms with E-state index in [1.165, 1.54) is 29.7 Å². The minimum atomic E-state index is -0.163. The minimum Gasteiger partial charge on any atom is -0.384 e. The number of amidine groups is 1. The van der Waals surface area contributed by atoms with Gasteiger partial charge in [0.15, 0.2) is 0 Å². The van der Waals surface area contributed by atoms with Gasteiger partial charge in [-0.3, -0.25) is 10.2 Å². The average molecular weight is 552 g/mol. The van der Waals surface area contributed by atoms with Crippen molar-refractivity contribution < 1.29 is 0 Å². The molecule has 0 saturated carbocycles. The number of hydrogen-bond donors (Lipinski definition) is 4. The first-order chi connectivity index (χ1) is 19.8. The first kappa shape index (κ1) is 27.1. The lowest BCUT2D eigenvalue weighted by Gasteiger charge is -2.49. The van der Waals surface area contributed by atoms with E-state index < -0.39 is 0 Å². The van der Waals surface area contributed by atoms with E-state index in [9.17, 15) is 4.79 Å². The molecule has 2 aromatic heterocycles. The van der Waals surface area contributed by atoms with Crippen LogP contribution in [0.1, 0.15) is 49.3 Å². The van der Waals surface area contributed by atoms with Crippen LogP contribution in [0.5, 0.6) is 0 Å². The summed E-state index contributed by atoms with van der Waals surface area (Å²) in [5.41, 5.74) is 8.04. The van der Waals surface area contributed by atoms with Crippen LogP contribution in [0, 0.1) is 24.7 Å². The van der Waals surface area contributed by atoms with Crippen molar-refractivity contribution in [2.45, 2.75) is 52.9 Å². The van der Waals surface area contributed by atoms with Gasteiger partial charge in [-0.1, -0.05) is 29.8 Å². The van der Waals surface area contributed by atoms with Crippen LogP contribution in [0.15, 0.2) is 53.5 Å². The summed E-state index contributed by atoms with van der Waals surface area (Å²) < 4.78 is 0. The standard InChI is InChI=1S/C33H41N7O/c1-22-7-4-8-25(17-22)9-13-35-27-10-14-36-32(41)29(27)31-37-28-19-26(18-23(2)30(28)38-31)40-16-6-12-33(21-40)11-5-15-39(20-33)24(3)34/h4,7-8,10,14,17-19,34H,5-6,9,11-13,15-16,20-21H2,1-3H3,(H,37,38)(H2,35,36,41). The number of benzene rings is 2. The van der Waals surface area contributed by atoms with Gasteiger partial charge >= 0.3 is 0 Å². The molecule has 0 radical (unpaired) electrons. The van der Waals surface area contributed by atoms with Crippen LogP contribution in [-0.2, 0) is 6.42 Å². The summed E-state index contributed by atoms with van der Waals surface area (Å²) in [6.45, 7) is 10.9. The number of aryl methyl sites for hydroxylation is 2. The fourth-order valence-corrected chi connectivity index (χ4v) is 6.90. The van der Waals surface area contributed by atoms with Gasteiger partial charge in [-0.25, -0.2) is 4.98 Å². The Morgan fingerprint density at radius 1 is 1.10 bits per heavy atom. The largest absolute Gasteiger partial charge is 0.384 e. The average Bonchev–Trinajstić information content (AvgIpc) is 3.38. The number of hydrogen-bond acceptors (Lipinski definition) is 5. The van der Waals surface area contributed by atoms with Gasteiger partial charge in [0.2, 0.25) is 0 Å². The first-order valence-electron chi connectivity index (χ1n) is 14.9. The van der Waals surface area contributed by atoms with Crippen molar-refractivity contribution >= 4 is 28.2 Å². The number of anilines is 2. The molecular formula is C33H41N7O. The smallest absolute Gasteiger partial charge is 0.261 e. The number of pyridine rings is 1. The van der Waals surface area contributed by atoms with E-state index in [1.807, 2.05) is 13.0 Å². The minimum absolute atomic E-state index is 0.163. The molecule has 4 aromatic rings. The molecule has 1 spiro atoms. The zero-order valence-corrected chi connectivity index (χ0v) is 24.4. The predicted molar refractivity (Wildman–Crippen MR) is 168 cm³/mol. The maximum atomic E-state index is 13.1. The number of nitrogens with one attached hydrogen (secondary N) is 4. The maximum Gasteiger partial charge on any atom is 0.261 e. The normalized spacial score (nSPS) is 19.2. The molecular weight excluding hydrogens is 510 g/mol. The Kier molecular flexibility index (Phi) is 7.32. The predicted octanol–water partition coefficient (Wildman–Crippen LogP) is 5.87. The Balaban J connectivity index is 1.26. The Labute approximate surface area is 241 Å². The SMILES string of the molecule is CC(=N)N1CCCC2(CCCN(c3cc(C)c4nc(-c5c(NCCc6cccc(C)c6)cc[nH]c5=O)[nH]c4c3)C2)C1. The number of piperidine rings is 2. The van der Waals surface area contributed by atoms with Gasteiger partial charge in [-0.2, -0.15) is 0 Å². The molecule has 41 heavy (non-hydrogen) atoms. The second-order valence-electron chi connectivity index (χ2n) is 12.1. The van der Waals surface area contributed by atoms with Crippen LogP contribution >= 0.6 is 0 Å². The first-order valence-corrected chi connectivity index (χ1v) is 14.9. The summed E-state index contributed by atoms with van der Waals surface area (Å²) in [6, 6.07) is 14.9. The number of fused-ring (bicyclic) bond motifs is 1. The molecule has 0 amide bonds. The summed E-state index contributed by atoms with van der Waals surface area (Å²) in [5.74, 6) is 1.27. The molecule has 2 aliphatic heterocycles. The highest BCUT2D eigenvalue weighted by Gasteiger charge is 2.39. The molecule has 1 unspecified atom stereocenters. The van der Waals surface area contributed by atoms with Gasteiger partial charge < -0.3 is 25.1 Å². The zero-order chi connectivity index (χ0) is 28.6. The number of imidazole rings is 1. The van der Waals surface area contributed by atoms with E-state index in [4.69, 9.17) is 10.4 Å². The Hall–Kier alpha value is -4.07. The van der Waals surface area contributed by atoms with Gasteiger partial charge in [-0.15, -0.1) is 0 Å². The zero-order valence-electron chi connectivity index (χ0n) is 24.4. The number of H-pyrrole nitrogens is 2. The number of aromatic amines is 2. The monoisotopic (exact) mass is 551 g/mol. The van der Waals surface area contributed by atoms with Crippen molar-refractivity contribution in [3.05, 3.63) is 75.7 Å². The third kappa shape index (κ3) is 5.60. The summed E-state index contributed by atoms with van der Waals surface area (Å²) in [5, 5.41) is 11.7. The van der Waals surface area contributed by atoms with Gasteiger partial charge in [0, 0.05) is 50.0 Å². The molecule has 0 bridgehead atoms. The Bertz CT molecular complexity index is 1630. The van der Waals surface area contributed by atoms with Crippen LogP contribution in [0.2, 0.25) is 0 Å². The van der Waals surface area contributed by atoms with Crippen LogP contribution in [0.4, 0.5) is 11.4 Å². The third-order valence-corrected chi connectivity index (χ3v) is 8.93. The van der Waals surface area contributed by atoms with Crippen LogP contribution in [0.3, 0.4) is 0 Å². The highest BCUT2D eigenvalue weighted by Crippen LogP contribution is 2.40. The fraction of sp³-hybridized carbons (Fsp3) is 0.424. The number of rotatable bonds is 6. The van der Waals surface area contributed by atoms with Gasteiger partial charge in [0.25, 0.3) is 5.56 Å². The molecule has 2 aromatic carbocycles. The van der Waals surface area contributed by atoms with Crippen molar-refractivity contribution in [3.63, 3.8) is 0 Å². The summed E-state index contributed by atoms with van der Waals surface area (Å²) >= 11 is 0. The topological polar surface area (TPSA) is 104 Å². The van der Waals surface area contributed by atoms with Crippen molar-refractivity contribution in [2.24, 2.45) is 5.41 Å². The number of aromatic nitrogens is 3. The molecule has 6 rings (SSSR count). The van der Waals surface area contributed by atoms with E-state index in [2.05, 4.69) is 75.3 Å². The van der Waals surface area contributed by atoms with Crippen LogP contribution in [-0.4, -0.2) is 58.4 Å². The molecule has 214 valence electrons. The lowest BCUT2D eigenvalue weighted by Crippen LogP contribution is -2.53. The van der Waals surface area contributed by atoms with Crippen molar-refractivity contribution in [2.75, 3.05) is 42.9 Å². The van der Waals surface area contributed by atoms with Gasteiger partial charge in [0.05, 0.1) is 22.6 Å². The lowest BCUT2D eigenvalue weighted by molar-refractivity contribution is 0.115. The van der Waals surface area contributed by atoms with E-state index in [0.29, 0.717) is 17.2 Å². The molecule has 4 heterocycles. The second-order valence-corrected chi connectivity index (χ2v) is 12.1. The van der Waals surface area contributed by atoms with Gasteiger partial charge in [-0.05, 0) is 82.2 Å². The quantitative estimate of drug-likeness (QED) is 0.177. The van der Waals surface area contributed by atoms with Crippen LogP contribution < -0.4 is 15.8 Å². The summed E-state index contributed by atoms with van der Waals surface area (Å²) in [6.07, 6.45) is 7.31. The van der Waals surface area contributed by atoms with E-state index in [1.54, 1.807) is 6.20 Å². The van der Waals surface area contributed by atoms with Crippen molar-refractivity contribution in [1.82, 2.24) is 19.9 Å².